The zero-order valence-corrected chi connectivity index (χ0v) is 18.0. The highest BCUT2D eigenvalue weighted by Crippen LogP contribution is 2.38. The van der Waals surface area contributed by atoms with Gasteiger partial charge < -0.3 is 29.6 Å². The van der Waals surface area contributed by atoms with Crippen LogP contribution in [0.25, 0.3) is 0 Å². The molecule has 162 valence electrons. The number of hydrogen-bond acceptors (Lipinski definition) is 6. The summed E-state index contributed by atoms with van der Waals surface area (Å²) in [5.41, 5.74) is 1.12. The Bertz CT molecular complexity index is 875. The van der Waals surface area contributed by atoms with Crippen LogP contribution in [-0.4, -0.2) is 39.2 Å². The molecule has 0 radical (unpaired) electrons. The molecule has 0 fully saturated rings. The number of rotatable bonds is 10. The van der Waals surface area contributed by atoms with E-state index in [0.29, 0.717) is 54.0 Å². The number of carbonyl (C=O) groups excluding carboxylic acids is 2. The number of amides is 2. The Morgan fingerprint density at radius 2 is 1.30 bits per heavy atom. The Labute approximate surface area is 176 Å². The van der Waals surface area contributed by atoms with Gasteiger partial charge in [0.05, 0.1) is 38.8 Å². The Morgan fingerprint density at radius 3 is 1.73 bits per heavy atom. The smallest absolute Gasteiger partial charge is 0.263 e. The maximum absolute atomic E-state index is 13.1. The molecule has 0 bridgehead atoms. The SMILES string of the molecule is CCOc1cc(NC(=O)c2c(OC)cccc2OC)c(OCC)cc1NC(=O)CC. The van der Waals surface area contributed by atoms with E-state index < -0.39 is 5.91 Å². The van der Waals surface area contributed by atoms with Crippen LogP contribution < -0.4 is 29.6 Å². The van der Waals surface area contributed by atoms with Gasteiger partial charge in [-0.25, -0.2) is 0 Å². The minimum atomic E-state index is -0.432. The summed E-state index contributed by atoms with van der Waals surface area (Å²) in [5, 5.41) is 5.63. The molecular formula is C22H28N2O6. The number of anilines is 2. The zero-order chi connectivity index (χ0) is 22.1. The fraction of sp³-hybridized carbons (Fsp3) is 0.364. The maximum Gasteiger partial charge on any atom is 0.263 e. The van der Waals surface area contributed by atoms with Crippen LogP contribution in [0.15, 0.2) is 30.3 Å². The summed E-state index contributed by atoms with van der Waals surface area (Å²) in [4.78, 5) is 25.0. The first-order valence-corrected chi connectivity index (χ1v) is 9.74. The average Bonchev–Trinajstić information content (AvgIpc) is 2.75. The molecule has 30 heavy (non-hydrogen) atoms. The van der Waals surface area contributed by atoms with Crippen LogP contribution in [0, 0.1) is 0 Å². The molecule has 0 aliphatic carbocycles. The molecule has 0 atom stereocenters. The van der Waals surface area contributed by atoms with Crippen LogP contribution in [0.5, 0.6) is 23.0 Å². The van der Waals surface area contributed by atoms with Crippen LogP contribution in [0.2, 0.25) is 0 Å². The topological polar surface area (TPSA) is 95.1 Å². The van der Waals surface area contributed by atoms with Gasteiger partial charge in [-0.2, -0.15) is 0 Å². The molecule has 2 N–H and O–H groups in total. The van der Waals surface area contributed by atoms with E-state index >= 15 is 0 Å². The van der Waals surface area contributed by atoms with Crippen LogP contribution in [0.4, 0.5) is 11.4 Å². The molecule has 0 aromatic heterocycles. The van der Waals surface area contributed by atoms with E-state index in [9.17, 15) is 9.59 Å². The summed E-state index contributed by atoms with van der Waals surface area (Å²) in [6.45, 7) is 6.18. The van der Waals surface area contributed by atoms with Crippen molar-refractivity contribution in [2.75, 3.05) is 38.1 Å². The van der Waals surface area contributed by atoms with Crippen molar-refractivity contribution in [2.45, 2.75) is 27.2 Å². The van der Waals surface area contributed by atoms with Gasteiger partial charge >= 0.3 is 0 Å². The molecule has 2 amide bonds. The molecule has 8 heteroatoms. The lowest BCUT2D eigenvalue weighted by Crippen LogP contribution is -2.16. The van der Waals surface area contributed by atoms with Gasteiger partial charge in [-0.05, 0) is 26.0 Å². The lowest BCUT2D eigenvalue weighted by atomic mass is 10.1. The number of carbonyl (C=O) groups is 2. The summed E-state index contributed by atoms with van der Waals surface area (Å²) in [5.74, 6) is 0.981. The molecule has 0 saturated heterocycles. The Kier molecular flexibility index (Phi) is 8.34. The molecule has 2 aromatic carbocycles. The van der Waals surface area contributed by atoms with Crippen LogP contribution in [-0.2, 0) is 4.79 Å². The summed E-state index contributed by atoms with van der Waals surface area (Å²) in [6.07, 6.45) is 0.321. The van der Waals surface area contributed by atoms with E-state index in [4.69, 9.17) is 18.9 Å². The Balaban J connectivity index is 2.49. The van der Waals surface area contributed by atoms with Crippen LogP contribution in [0.1, 0.15) is 37.6 Å². The van der Waals surface area contributed by atoms with E-state index in [1.165, 1.54) is 14.2 Å². The highest BCUT2D eigenvalue weighted by Gasteiger charge is 2.21. The van der Waals surface area contributed by atoms with Crippen molar-refractivity contribution in [3.8, 4) is 23.0 Å². The van der Waals surface area contributed by atoms with E-state index in [-0.39, 0.29) is 11.5 Å². The predicted octanol–water partition coefficient (Wildman–Crippen LogP) is 4.10. The second-order valence-corrected chi connectivity index (χ2v) is 6.10. The third kappa shape index (κ3) is 5.34. The number of benzene rings is 2. The van der Waals surface area contributed by atoms with Crippen molar-refractivity contribution in [1.82, 2.24) is 0 Å². The van der Waals surface area contributed by atoms with Crippen molar-refractivity contribution < 1.29 is 28.5 Å². The monoisotopic (exact) mass is 416 g/mol. The van der Waals surface area contributed by atoms with Crippen molar-refractivity contribution in [1.29, 1.82) is 0 Å². The predicted molar refractivity (Wildman–Crippen MR) is 115 cm³/mol. The first kappa shape index (κ1) is 22.9. The fourth-order valence-electron chi connectivity index (χ4n) is 2.80. The van der Waals surface area contributed by atoms with Gasteiger partial charge in [-0.3, -0.25) is 9.59 Å². The van der Waals surface area contributed by atoms with Gasteiger partial charge in [0.2, 0.25) is 5.91 Å². The van der Waals surface area contributed by atoms with Gasteiger partial charge in [0.15, 0.2) is 0 Å². The van der Waals surface area contributed by atoms with Crippen molar-refractivity contribution in [3.05, 3.63) is 35.9 Å². The zero-order valence-electron chi connectivity index (χ0n) is 18.0. The first-order valence-electron chi connectivity index (χ1n) is 9.74. The van der Waals surface area contributed by atoms with Gasteiger partial charge in [0.25, 0.3) is 5.91 Å². The average molecular weight is 416 g/mol. The molecule has 2 rings (SSSR count). The van der Waals surface area contributed by atoms with Crippen molar-refractivity contribution in [2.24, 2.45) is 0 Å². The molecule has 0 saturated carbocycles. The van der Waals surface area contributed by atoms with Gasteiger partial charge in [-0.1, -0.05) is 13.0 Å². The minimum Gasteiger partial charge on any atom is -0.496 e. The van der Waals surface area contributed by atoms with Gasteiger partial charge in [-0.15, -0.1) is 0 Å². The Hall–Kier alpha value is -3.42. The van der Waals surface area contributed by atoms with Crippen LogP contribution in [0.3, 0.4) is 0 Å². The summed E-state index contributed by atoms with van der Waals surface area (Å²) in [7, 11) is 2.96. The van der Waals surface area contributed by atoms with E-state index in [0.717, 1.165) is 0 Å². The molecule has 0 aliphatic heterocycles. The van der Waals surface area contributed by atoms with E-state index in [1.807, 2.05) is 13.8 Å². The molecule has 0 unspecified atom stereocenters. The van der Waals surface area contributed by atoms with E-state index in [2.05, 4.69) is 10.6 Å². The highest BCUT2D eigenvalue weighted by molar-refractivity contribution is 6.09. The first-order chi connectivity index (χ1) is 14.5. The van der Waals surface area contributed by atoms with Crippen molar-refractivity contribution >= 4 is 23.2 Å². The standard InChI is InChI=1S/C22H28N2O6/c1-6-20(25)23-14-12-19(30-8-3)15(13-18(14)29-7-2)24-22(26)21-16(27-4)10-9-11-17(21)28-5/h9-13H,6-8H2,1-5H3,(H,23,25)(H,24,26). The molecule has 0 aliphatic rings. The summed E-state index contributed by atoms with van der Waals surface area (Å²) < 4.78 is 22.0. The van der Waals surface area contributed by atoms with E-state index in [1.54, 1.807) is 37.3 Å². The lowest BCUT2D eigenvalue weighted by molar-refractivity contribution is -0.115. The lowest BCUT2D eigenvalue weighted by Gasteiger charge is -2.18. The third-order valence-corrected chi connectivity index (χ3v) is 4.18. The molecule has 0 heterocycles. The van der Waals surface area contributed by atoms with Gasteiger partial charge in [0.1, 0.15) is 28.6 Å². The fourth-order valence-corrected chi connectivity index (χ4v) is 2.80. The maximum atomic E-state index is 13.1. The minimum absolute atomic E-state index is 0.158. The number of methoxy groups -OCH3 is 2. The highest BCUT2D eigenvalue weighted by atomic mass is 16.5. The second-order valence-electron chi connectivity index (χ2n) is 6.10. The van der Waals surface area contributed by atoms with Crippen molar-refractivity contribution in [3.63, 3.8) is 0 Å². The molecule has 0 spiro atoms. The molecular weight excluding hydrogens is 388 g/mol. The quantitative estimate of drug-likeness (QED) is 0.605. The Morgan fingerprint density at radius 1 is 0.800 bits per heavy atom. The molecule has 2 aromatic rings. The molecule has 8 nitrogen and oxygen atoms in total. The number of nitrogens with one attached hydrogen (secondary N) is 2. The third-order valence-electron chi connectivity index (χ3n) is 4.18. The number of hydrogen-bond donors (Lipinski definition) is 2. The number of ether oxygens (including phenoxy) is 4. The van der Waals surface area contributed by atoms with Gasteiger partial charge in [0, 0.05) is 18.6 Å². The second kappa shape index (κ2) is 10.9. The largest absolute Gasteiger partial charge is 0.496 e. The summed E-state index contributed by atoms with van der Waals surface area (Å²) in [6, 6.07) is 8.35. The normalized spacial score (nSPS) is 10.2. The van der Waals surface area contributed by atoms with Crippen LogP contribution >= 0.6 is 0 Å². The summed E-state index contributed by atoms with van der Waals surface area (Å²) >= 11 is 0.